The highest BCUT2D eigenvalue weighted by molar-refractivity contribution is 5.95. The van der Waals surface area contributed by atoms with E-state index in [-0.39, 0.29) is 36.8 Å². The van der Waals surface area contributed by atoms with Gasteiger partial charge in [0, 0.05) is 12.2 Å². The van der Waals surface area contributed by atoms with Gasteiger partial charge >= 0.3 is 0 Å². The van der Waals surface area contributed by atoms with Crippen LogP contribution in [-0.4, -0.2) is 49.6 Å². The summed E-state index contributed by atoms with van der Waals surface area (Å²) in [6.45, 7) is 7.06. The molecule has 0 aliphatic carbocycles. The van der Waals surface area contributed by atoms with Crippen LogP contribution in [0.25, 0.3) is 0 Å². The van der Waals surface area contributed by atoms with E-state index in [9.17, 15) is 4.79 Å². The summed E-state index contributed by atoms with van der Waals surface area (Å²) < 4.78 is 5.89. The molecule has 142 valence electrons. The smallest absolute Gasteiger partial charge is 0.241 e. The van der Waals surface area contributed by atoms with Crippen molar-refractivity contribution >= 4 is 36.4 Å². The van der Waals surface area contributed by atoms with Crippen LogP contribution in [0, 0.1) is 6.92 Å². The minimum atomic E-state index is -0.0494. The van der Waals surface area contributed by atoms with Crippen LogP contribution >= 0.6 is 24.8 Å². The van der Waals surface area contributed by atoms with E-state index in [0.717, 1.165) is 49.5 Å². The fourth-order valence-electron chi connectivity index (χ4n) is 3.32. The van der Waals surface area contributed by atoms with Crippen molar-refractivity contribution in [3.05, 3.63) is 23.8 Å². The number of benzene rings is 1. The van der Waals surface area contributed by atoms with Crippen LogP contribution in [0.1, 0.15) is 31.2 Å². The standard InChI is InChI=1S/C18H27N3O2.2ClH/c1-14-13-15(20-18(22)16-5-4-8-19-16)6-7-17(14)23-12-11-21-9-2-3-10-21;;/h6-7,13,16,19H,2-5,8-12H2,1H3,(H,20,22);2*1H. The Kier molecular flexibility index (Phi) is 9.57. The Morgan fingerprint density at radius 2 is 2.04 bits per heavy atom. The SMILES string of the molecule is Cc1cc(NC(=O)C2CCCN2)ccc1OCCN1CCCC1.Cl.Cl. The number of carbonyl (C=O) groups excluding carboxylic acids is 1. The highest BCUT2D eigenvalue weighted by Crippen LogP contribution is 2.22. The Hall–Kier alpha value is -1.01. The third-order valence-electron chi connectivity index (χ3n) is 4.68. The van der Waals surface area contributed by atoms with E-state index < -0.39 is 0 Å². The Morgan fingerprint density at radius 3 is 2.68 bits per heavy atom. The number of rotatable bonds is 6. The normalized spacial score (nSPS) is 19.8. The number of ether oxygens (including phenoxy) is 1. The highest BCUT2D eigenvalue weighted by atomic mass is 35.5. The number of anilines is 1. The van der Waals surface area contributed by atoms with E-state index >= 15 is 0 Å². The van der Waals surface area contributed by atoms with Crippen molar-refractivity contribution in [1.29, 1.82) is 0 Å². The number of nitrogens with zero attached hydrogens (tertiary/aromatic N) is 1. The molecule has 2 fully saturated rings. The van der Waals surface area contributed by atoms with Gasteiger partial charge in [0.2, 0.25) is 5.91 Å². The van der Waals surface area contributed by atoms with Crippen LogP contribution in [-0.2, 0) is 4.79 Å². The van der Waals surface area contributed by atoms with E-state index in [2.05, 4.69) is 15.5 Å². The van der Waals surface area contributed by atoms with Crippen LogP contribution in [0.4, 0.5) is 5.69 Å². The molecule has 5 nitrogen and oxygen atoms in total. The molecule has 0 aromatic heterocycles. The average Bonchev–Trinajstić information content (AvgIpc) is 3.22. The summed E-state index contributed by atoms with van der Waals surface area (Å²) in [4.78, 5) is 14.6. The lowest BCUT2D eigenvalue weighted by atomic mass is 10.1. The maximum absolute atomic E-state index is 12.1. The third kappa shape index (κ3) is 6.33. The van der Waals surface area contributed by atoms with E-state index in [1.165, 1.54) is 25.9 Å². The first kappa shape index (κ1) is 22.0. The van der Waals surface area contributed by atoms with Crippen molar-refractivity contribution in [2.75, 3.05) is 38.1 Å². The van der Waals surface area contributed by atoms with Gasteiger partial charge in [-0.2, -0.15) is 0 Å². The Bertz CT molecular complexity index is 545. The zero-order valence-corrected chi connectivity index (χ0v) is 16.4. The Labute approximate surface area is 162 Å². The van der Waals surface area contributed by atoms with Crippen molar-refractivity contribution in [2.45, 2.75) is 38.6 Å². The maximum atomic E-state index is 12.1. The van der Waals surface area contributed by atoms with Crippen molar-refractivity contribution in [2.24, 2.45) is 0 Å². The molecule has 1 aromatic carbocycles. The number of carbonyl (C=O) groups is 1. The Morgan fingerprint density at radius 1 is 1.28 bits per heavy atom. The van der Waals surface area contributed by atoms with Crippen LogP contribution in [0.5, 0.6) is 5.75 Å². The summed E-state index contributed by atoms with van der Waals surface area (Å²) >= 11 is 0. The molecule has 1 atom stereocenters. The molecular formula is C18H29Cl2N3O2. The van der Waals surface area contributed by atoms with Crippen molar-refractivity contribution in [3.8, 4) is 5.75 Å². The summed E-state index contributed by atoms with van der Waals surface area (Å²) in [5.41, 5.74) is 1.90. The first-order valence-corrected chi connectivity index (χ1v) is 8.72. The molecule has 2 aliphatic rings. The van der Waals surface area contributed by atoms with Gasteiger partial charge in [-0.3, -0.25) is 9.69 Å². The topological polar surface area (TPSA) is 53.6 Å². The number of likely N-dealkylation sites (tertiary alicyclic amines) is 1. The number of hydrogen-bond donors (Lipinski definition) is 2. The fourth-order valence-corrected chi connectivity index (χ4v) is 3.32. The summed E-state index contributed by atoms with van der Waals surface area (Å²) in [6, 6.07) is 5.81. The van der Waals surface area contributed by atoms with Crippen LogP contribution < -0.4 is 15.4 Å². The molecule has 7 heteroatoms. The van der Waals surface area contributed by atoms with Gasteiger partial charge in [0.1, 0.15) is 12.4 Å². The van der Waals surface area contributed by atoms with E-state index in [1.54, 1.807) is 0 Å². The lowest BCUT2D eigenvalue weighted by Crippen LogP contribution is -2.35. The lowest BCUT2D eigenvalue weighted by molar-refractivity contribution is -0.117. The number of hydrogen-bond acceptors (Lipinski definition) is 4. The lowest BCUT2D eigenvalue weighted by Gasteiger charge is -2.16. The van der Waals surface area contributed by atoms with Crippen molar-refractivity contribution in [1.82, 2.24) is 10.2 Å². The Balaban J connectivity index is 0.00000156. The third-order valence-corrected chi connectivity index (χ3v) is 4.68. The first-order chi connectivity index (χ1) is 11.2. The van der Waals surface area contributed by atoms with Gasteiger partial charge in [-0.05, 0) is 76.0 Å². The average molecular weight is 390 g/mol. The van der Waals surface area contributed by atoms with Gasteiger partial charge in [-0.1, -0.05) is 0 Å². The van der Waals surface area contributed by atoms with Crippen LogP contribution in [0.3, 0.4) is 0 Å². The molecule has 2 saturated heterocycles. The van der Waals surface area contributed by atoms with Gasteiger partial charge in [-0.15, -0.1) is 24.8 Å². The maximum Gasteiger partial charge on any atom is 0.241 e. The molecule has 1 unspecified atom stereocenters. The summed E-state index contributed by atoms with van der Waals surface area (Å²) in [7, 11) is 0. The van der Waals surface area contributed by atoms with Gasteiger partial charge in [0.25, 0.3) is 0 Å². The molecule has 2 heterocycles. The molecule has 1 amide bonds. The molecule has 1 aromatic rings. The summed E-state index contributed by atoms with van der Waals surface area (Å²) in [5, 5.41) is 6.20. The zero-order valence-electron chi connectivity index (χ0n) is 14.8. The summed E-state index contributed by atoms with van der Waals surface area (Å²) in [5.74, 6) is 0.964. The quantitative estimate of drug-likeness (QED) is 0.784. The molecule has 3 rings (SSSR count). The second-order valence-corrected chi connectivity index (χ2v) is 6.52. The minimum Gasteiger partial charge on any atom is -0.492 e. The van der Waals surface area contributed by atoms with Gasteiger partial charge in [0.15, 0.2) is 0 Å². The highest BCUT2D eigenvalue weighted by Gasteiger charge is 2.22. The van der Waals surface area contributed by atoms with Gasteiger partial charge < -0.3 is 15.4 Å². The van der Waals surface area contributed by atoms with E-state index in [4.69, 9.17) is 4.74 Å². The van der Waals surface area contributed by atoms with Crippen molar-refractivity contribution in [3.63, 3.8) is 0 Å². The summed E-state index contributed by atoms with van der Waals surface area (Å²) in [6.07, 6.45) is 4.61. The monoisotopic (exact) mass is 389 g/mol. The molecular weight excluding hydrogens is 361 g/mol. The second-order valence-electron chi connectivity index (χ2n) is 6.52. The number of aryl methyl sites for hydroxylation is 1. The largest absolute Gasteiger partial charge is 0.492 e. The van der Waals surface area contributed by atoms with E-state index in [0.29, 0.717) is 0 Å². The molecule has 0 radical (unpaired) electrons. The zero-order chi connectivity index (χ0) is 16.1. The molecule has 2 aliphatic heterocycles. The predicted octanol–water partition coefficient (Wildman–Crippen LogP) is 3.00. The second kappa shape index (κ2) is 10.9. The van der Waals surface area contributed by atoms with Crippen LogP contribution in [0.15, 0.2) is 18.2 Å². The molecule has 0 saturated carbocycles. The number of halogens is 2. The minimum absolute atomic E-state index is 0. The number of nitrogens with one attached hydrogen (secondary N) is 2. The van der Waals surface area contributed by atoms with Crippen molar-refractivity contribution < 1.29 is 9.53 Å². The predicted molar refractivity (Wildman–Crippen MR) is 106 cm³/mol. The van der Waals surface area contributed by atoms with Crippen LogP contribution in [0.2, 0.25) is 0 Å². The fraction of sp³-hybridized carbons (Fsp3) is 0.611. The van der Waals surface area contributed by atoms with Gasteiger partial charge in [0.05, 0.1) is 6.04 Å². The molecule has 0 bridgehead atoms. The molecule has 25 heavy (non-hydrogen) atoms. The van der Waals surface area contributed by atoms with Gasteiger partial charge in [-0.25, -0.2) is 0 Å². The van der Waals surface area contributed by atoms with E-state index in [1.807, 2.05) is 25.1 Å². The first-order valence-electron chi connectivity index (χ1n) is 8.72. The number of amides is 1. The molecule has 2 N–H and O–H groups in total. The molecule has 0 spiro atoms.